The second kappa shape index (κ2) is 7.86. The maximum absolute atomic E-state index is 12.5. The third-order valence-electron chi connectivity index (χ3n) is 4.27. The van der Waals surface area contributed by atoms with Crippen LogP contribution in [0.5, 0.6) is 17.2 Å². The van der Waals surface area contributed by atoms with Crippen molar-refractivity contribution in [1.29, 1.82) is 0 Å². The second-order valence-corrected chi connectivity index (χ2v) is 6.90. The third-order valence-corrected chi connectivity index (χ3v) is 5.16. The zero-order valence-corrected chi connectivity index (χ0v) is 15.7. The summed E-state index contributed by atoms with van der Waals surface area (Å²) in [7, 11) is 4.55. The number of rotatable bonds is 5. The van der Waals surface area contributed by atoms with Gasteiger partial charge in [-0.3, -0.25) is 14.6 Å². The molecule has 2 amide bonds. The Bertz CT molecular complexity index is 727. The van der Waals surface area contributed by atoms with Crippen molar-refractivity contribution in [3.63, 3.8) is 0 Å². The lowest BCUT2D eigenvalue weighted by Gasteiger charge is -2.20. The number of amidine groups is 1. The first-order valence-corrected chi connectivity index (χ1v) is 9.14. The maximum atomic E-state index is 12.5. The van der Waals surface area contributed by atoms with Crippen LogP contribution in [0.1, 0.15) is 6.42 Å². The zero-order valence-electron chi connectivity index (χ0n) is 14.9. The average molecular weight is 379 g/mol. The lowest BCUT2D eigenvalue weighted by Crippen LogP contribution is -2.35. The van der Waals surface area contributed by atoms with Gasteiger partial charge in [-0.1, -0.05) is 11.8 Å². The van der Waals surface area contributed by atoms with Crippen LogP contribution in [-0.4, -0.2) is 57.2 Å². The van der Waals surface area contributed by atoms with Crippen LogP contribution in [0.4, 0.5) is 5.69 Å². The number of amides is 2. The van der Waals surface area contributed by atoms with Crippen molar-refractivity contribution in [3.8, 4) is 17.2 Å². The van der Waals surface area contributed by atoms with Gasteiger partial charge in [0.25, 0.3) is 0 Å². The molecule has 1 saturated heterocycles. The Morgan fingerprint density at radius 3 is 2.46 bits per heavy atom. The Morgan fingerprint density at radius 2 is 1.92 bits per heavy atom. The van der Waals surface area contributed by atoms with Gasteiger partial charge in [-0.2, -0.15) is 0 Å². The topological polar surface area (TPSA) is 89.5 Å². The summed E-state index contributed by atoms with van der Waals surface area (Å²) in [4.78, 5) is 30.7. The summed E-state index contributed by atoms with van der Waals surface area (Å²) in [5.41, 5.74) is 0.604. The second-order valence-electron chi connectivity index (χ2n) is 5.81. The van der Waals surface area contributed by atoms with Gasteiger partial charge in [-0.15, -0.1) is 0 Å². The van der Waals surface area contributed by atoms with E-state index in [1.54, 1.807) is 17.0 Å². The molecule has 1 aromatic carbocycles. The highest BCUT2D eigenvalue weighted by Crippen LogP contribution is 2.42. The zero-order chi connectivity index (χ0) is 18.7. The fraction of sp³-hybridized carbons (Fsp3) is 0.471. The number of nitrogens with zero attached hydrogens (tertiary/aromatic N) is 2. The summed E-state index contributed by atoms with van der Waals surface area (Å²) in [6.07, 6.45) is 0.153. The summed E-state index contributed by atoms with van der Waals surface area (Å²) in [6.45, 7) is 1.00. The highest BCUT2D eigenvalue weighted by Gasteiger charge is 2.36. The number of thioether (sulfide) groups is 1. The fourth-order valence-electron chi connectivity index (χ4n) is 2.97. The Hall–Kier alpha value is -2.42. The lowest BCUT2D eigenvalue weighted by atomic mass is 10.1. The fourth-order valence-corrected chi connectivity index (χ4v) is 3.71. The minimum Gasteiger partial charge on any atom is -0.493 e. The first kappa shape index (κ1) is 18.4. The largest absolute Gasteiger partial charge is 0.493 e. The van der Waals surface area contributed by atoms with E-state index in [1.165, 1.54) is 33.1 Å². The van der Waals surface area contributed by atoms with Gasteiger partial charge in [0.2, 0.25) is 17.6 Å². The maximum Gasteiger partial charge on any atom is 0.231 e. The number of nitrogens with one attached hydrogen (secondary N) is 1. The van der Waals surface area contributed by atoms with Crippen LogP contribution in [0.3, 0.4) is 0 Å². The standard InChI is InChI=1S/C17H21N3O5S/c1-23-12-7-11(8-13(24-2)15(12)25-3)20-9-10(6-14(20)21)16(22)19-17-18-4-5-26-17/h7-8,10H,4-6,9H2,1-3H3,(H,18,19,22)/t10-/m0/s1. The van der Waals surface area contributed by atoms with Gasteiger partial charge in [0.1, 0.15) is 0 Å². The molecule has 0 bridgehead atoms. The predicted molar refractivity (Wildman–Crippen MR) is 99.5 cm³/mol. The molecule has 26 heavy (non-hydrogen) atoms. The number of anilines is 1. The van der Waals surface area contributed by atoms with Crippen LogP contribution in [0.25, 0.3) is 0 Å². The van der Waals surface area contributed by atoms with E-state index in [-0.39, 0.29) is 18.2 Å². The van der Waals surface area contributed by atoms with E-state index in [2.05, 4.69) is 10.3 Å². The van der Waals surface area contributed by atoms with E-state index in [4.69, 9.17) is 14.2 Å². The third kappa shape index (κ3) is 3.57. The minimum absolute atomic E-state index is 0.125. The minimum atomic E-state index is -0.425. The SMILES string of the molecule is COc1cc(N2C[C@@H](C(=O)NC3=NCCS3)CC2=O)cc(OC)c1OC. The molecule has 0 aromatic heterocycles. The number of ether oxygens (including phenoxy) is 3. The number of benzene rings is 1. The average Bonchev–Trinajstić information content (AvgIpc) is 3.29. The van der Waals surface area contributed by atoms with Crippen LogP contribution in [0, 0.1) is 5.92 Å². The summed E-state index contributed by atoms with van der Waals surface area (Å²) >= 11 is 1.51. The molecule has 140 valence electrons. The molecular formula is C17H21N3O5S. The Balaban J connectivity index is 1.79. The van der Waals surface area contributed by atoms with E-state index in [9.17, 15) is 9.59 Å². The first-order valence-electron chi connectivity index (χ1n) is 8.15. The van der Waals surface area contributed by atoms with Crippen molar-refractivity contribution < 1.29 is 23.8 Å². The first-order chi connectivity index (χ1) is 12.6. The van der Waals surface area contributed by atoms with Gasteiger partial charge < -0.3 is 24.4 Å². The number of aliphatic imine (C=N–C) groups is 1. The molecule has 0 radical (unpaired) electrons. The molecule has 1 aromatic rings. The van der Waals surface area contributed by atoms with Gasteiger partial charge in [-0.05, 0) is 0 Å². The van der Waals surface area contributed by atoms with Crippen molar-refractivity contribution in [2.45, 2.75) is 6.42 Å². The molecule has 1 atom stereocenters. The van der Waals surface area contributed by atoms with Crippen molar-refractivity contribution in [3.05, 3.63) is 12.1 Å². The summed E-state index contributed by atoms with van der Waals surface area (Å²) in [5.74, 6) is 1.51. The molecule has 0 spiro atoms. The molecule has 3 rings (SSSR count). The molecule has 9 heteroatoms. The van der Waals surface area contributed by atoms with E-state index in [0.717, 1.165) is 5.75 Å². The molecule has 2 heterocycles. The number of hydrogen-bond donors (Lipinski definition) is 1. The van der Waals surface area contributed by atoms with Gasteiger partial charge in [0.15, 0.2) is 16.7 Å². The van der Waals surface area contributed by atoms with Crippen molar-refractivity contribution in [1.82, 2.24) is 5.32 Å². The monoisotopic (exact) mass is 379 g/mol. The van der Waals surface area contributed by atoms with Crippen LogP contribution in [0.2, 0.25) is 0 Å². The quantitative estimate of drug-likeness (QED) is 0.829. The van der Waals surface area contributed by atoms with Gasteiger partial charge >= 0.3 is 0 Å². The van der Waals surface area contributed by atoms with E-state index in [1.807, 2.05) is 0 Å². The molecule has 2 aliphatic heterocycles. The van der Waals surface area contributed by atoms with Crippen LogP contribution < -0.4 is 24.4 Å². The Labute approximate surface area is 155 Å². The molecule has 1 N–H and O–H groups in total. The molecule has 8 nitrogen and oxygen atoms in total. The Morgan fingerprint density at radius 1 is 1.23 bits per heavy atom. The molecule has 1 fully saturated rings. The molecular weight excluding hydrogens is 358 g/mol. The Kier molecular flexibility index (Phi) is 5.55. The van der Waals surface area contributed by atoms with Crippen LogP contribution >= 0.6 is 11.8 Å². The molecule has 2 aliphatic rings. The highest BCUT2D eigenvalue weighted by atomic mass is 32.2. The summed E-state index contributed by atoms with van der Waals surface area (Å²) in [5, 5.41) is 3.44. The van der Waals surface area contributed by atoms with Crippen molar-refractivity contribution in [2.75, 3.05) is 45.1 Å². The molecule has 0 saturated carbocycles. The summed E-state index contributed by atoms with van der Waals surface area (Å²) < 4.78 is 16.0. The number of carbonyl (C=O) groups is 2. The van der Waals surface area contributed by atoms with Crippen LogP contribution in [0.15, 0.2) is 17.1 Å². The van der Waals surface area contributed by atoms with Crippen LogP contribution in [-0.2, 0) is 9.59 Å². The highest BCUT2D eigenvalue weighted by molar-refractivity contribution is 8.14. The van der Waals surface area contributed by atoms with Crippen molar-refractivity contribution >= 4 is 34.4 Å². The van der Waals surface area contributed by atoms with Gasteiger partial charge in [0, 0.05) is 30.9 Å². The van der Waals surface area contributed by atoms with E-state index in [0.29, 0.717) is 41.2 Å². The van der Waals surface area contributed by atoms with E-state index >= 15 is 0 Å². The molecule has 0 unspecified atom stereocenters. The number of hydrogen-bond acceptors (Lipinski definition) is 7. The molecule has 0 aliphatic carbocycles. The smallest absolute Gasteiger partial charge is 0.231 e. The van der Waals surface area contributed by atoms with E-state index < -0.39 is 5.92 Å². The number of carbonyl (C=O) groups excluding carboxylic acids is 2. The predicted octanol–water partition coefficient (Wildman–Crippen LogP) is 1.28. The summed E-state index contributed by atoms with van der Waals surface area (Å²) in [6, 6.07) is 3.41. The lowest BCUT2D eigenvalue weighted by molar-refractivity contribution is -0.125. The van der Waals surface area contributed by atoms with Crippen molar-refractivity contribution in [2.24, 2.45) is 10.9 Å². The van der Waals surface area contributed by atoms with Gasteiger partial charge in [0.05, 0.1) is 39.5 Å². The number of methoxy groups -OCH3 is 3. The normalized spacial score (nSPS) is 19.3. The van der Waals surface area contributed by atoms with Gasteiger partial charge in [-0.25, -0.2) is 0 Å².